The Balaban J connectivity index is 1.55. The van der Waals surface area contributed by atoms with Gasteiger partial charge < -0.3 is 16.0 Å². The number of nitrogens with zero attached hydrogens (tertiary/aromatic N) is 3. The third kappa shape index (κ3) is 8.85. The molecule has 43 heavy (non-hydrogen) atoms. The molecule has 1 aromatic heterocycles. The molecule has 2 amide bonds. The van der Waals surface area contributed by atoms with E-state index >= 15 is 0 Å². The summed E-state index contributed by atoms with van der Waals surface area (Å²) in [5.74, 6) is -0.464. The second-order valence-corrected chi connectivity index (χ2v) is 13.4. The zero-order valence-corrected chi connectivity index (χ0v) is 26.2. The number of aromatic nitrogens is 1. The minimum atomic E-state index is -3.74. The number of pyridine rings is 1. The van der Waals surface area contributed by atoms with Gasteiger partial charge in [-0.2, -0.15) is 12.7 Å². The van der Waals surface area contributed by atoms with Gasteiger partial charge in [0.05, 0.1) is 24.0 Å². The number of carbonyl (C=O) groups is 2. The van der Waals surface area contributed by atoms with Crippen molar-refractivity contribution in [2.24, 2.45) is 0 Å². The van der Waals surface area contributed by atoms with E-state index in [4.69, 9.17) is 0 Å². The van der Waals surface area contributed by atoms with Crippen molar-refractivity contribution in [1.29, 1.82) is 0 Å². The second-order valence-electron chi connectivity index (χ2n) is 11.2. The summed E-state index contributed by atoms with van der Waals surface area (Å²) in [6.07, 6.45) is 5.78. The summed E-state index contributed by atoms with van der Waals surface area (Å²) in [5, 5.41) is 9.33. The first-order valence-electron chi connectivity index (χ1n) is 14.6. The number of carbonyl (C=O) groups excluding carboxylic acids is 2. The number of aryl methyl sites for hydroxylation is 2. The highest BCUT2D eigenvalue weighted by atomic mass is 32.2. The van der Waals surface area contributed by atoms with Gasteiger partial charge >= 0.3 is 10.2 Å². The number of benzene rings is 2. The van der Waals surface area contributed by atoms with E-state index in [0.29, 0.717) is 30.8 Å². The Hall–Kier alpha value is -3.80. The molecule has 0 fully saturated rings. The van der Waals surface area contributed by atoms with Crippen LogP contribution in [0.15, 0.2) is 66.9 Å². The zero-order valence-electron chi connectivity index (χ0n) is 25.3. The maximum Gasteiger partial charge on any atom is 0.303 e. The monoisotopic (exact) mass is 606 g/mol. The SMILES string of the molecule is C[C@H](NC[C@@H]1Cc2cccc(c2)CCCCc2cc(cc(N(C)S(=O)(=O)N(C)C)c2)C(=O)N1)C(=O)NCc1ccccn1. The van der Waals surface area contributed by atoms with Crippen LogP contribution in [0.5, 0.6) is 0 Å². The lowest BCUT2D eigenvalue weighted by atomic mass is 9.97. The first kappa shape index (κ1) is 32.1. The fourth-order valence-corrected chi connectivity index (χ4v) is 5.91. The van der Waals surface area contributed by atoms with Crippen LogP contribution >= 0.6 is 0 Å². The maximum absolute atomic E-state index is 13.7. The van der Waals surface area contributed by atoms with Crippen molar-refractivity contribution in [3.63, 3.8) is 0 Å². The van der Waals surface area contributed by atoms with E-state index < -0.39 is 16.3 Å². The fourth-order valence-electron chi connectivity index (χ4n) is 5.05. The minimum Gasteiger partial charge on any atom is -0.349 e. The van der Waals surface area contributed by atoms with E-state index in [2.05, 4.69) is 39.1 Å². The smallest absolute Gasteiger partial charge is 0.303 e. The van der Waals surface area contributed by atoms with Crippen molar-refractivity contribution in [2.45, 2.75) is 57.7 Å². The molecule has 4 rings (SSSR count). The van der Waals surface area contributed by atoms with Crippen molar-refractivity contribution in [3.8, 4) is 0 Å². The molecule has 0 unspecified atom stereocenters. The van der Waals surface area contributed by atoms with Gasteiger partial charge in [-0.05, 0) is 86.1 Å². The molecule has 1 aliphatic heterocycles. The van der Waals surface area contributed by atoms with E-state index in [-0.39, 0.29) is 17.9 Å². The quantitative estimate of drug-likeness (QED) is 0.344. The van der Waals surface area contributed by atoms with Gasteiger partial charge in [-0.1, -0.05) is 30.3 Å². The largest absolute Gasteiger partial charge is 0.349 e. The highest BCUT2D eigenvalue weighted by Gasteiger charge is 2.24. The van der Waals surface area contributed by atoms with Crippen LogP contribution in [0.4, 0.5) is 5.69 Å². The van der Waals surface area contributed by atoms with Crippen LogP contribution in [0, 0.1) is 0 Å². The summed E-state index contributed by atoms with van der Waals surface area (Å²) in [4.78, 5) is 30.7. The van der Waals surface area contributed by atoms with Crippen LogP contribution in [0.3, 0.4) is 0 Å². The third-order valence-corrected chi connectivity index (χ3v) is 9.46. The molecule has 1 aliphatic rings. The third-order valence-electron chi connectivity index (χ3n) is 7.63. The van der Waals surface area contributed by atoms with Gasteiger partial charge in [0.15, 0.2) is 0 Å². The Bertz CT molecular complexity index is 1510. The fraction of sp³-hybridized carbons (Fsp3) is 0.406. The van der Waals surface area contributed by atoms with Crippen molar-refractivity contribution in [3.05, 3.63) is 94.8 Å². The van der Waals surface area contributed by atoms with Gasteiger partial charge in [0.2, 0.25) is 5.91 Å². The molecular formula is C32H42N6O4S. The van der Waals surface area contributed by atoms with Crippen LogP contribution < -0.4 is 20.3 Å². The van der Waals surface area contributed by atoms with Crippen LogP contribution in [0.2, 0.25) is 0 Å². The van der Waals surface area contributed by atoms with E-state index in [0.717, 1.165) is 46.8 Å². The minimum absolute atomic E-state index is 0.164. The molecule has 0 saturated heterocycles. The molecule has 0 aliphatic carbocycles. The number of fused-ring (bicyclic) bond motifs is 4. The Morgan fingerprint density at radius 2 is 1.74 bits per heavy atom. The summed E-state index contributed by atoms with van der Waals surface area (Å²) in [5.41, 5.74) is 4.84. The lowest BCUT2D eigenvalue weighted by Gasteiger charge is -2.25. The molecule has 11 heteroatoms. The average Bonchev–Trinajstić information content (AvgIpc) is 3.00. The topological polar surface area (TPSA) is 124 Å². The standard InChI is InChI=1S/C32H42N6O4S/c1-23(31(39)35-21-28-14-7-8-15-33-28)34-22-29-18-25-13-9-12-24(16-25)10-5-6-11-26-17-27(32(40)36-29)20-30(19-26)38(4)43(41,42)37(2)3/h7-9,12-17,19-20,23,29,34H,5-6,10-11,18,21-22H2,1-4H3,(H,35,39)(H,36,40)/t23-,29-/m0/s1. The number of amides is 2. The molecular weight excluding hydrogens is 564 g/mol. The molecule has 2 atom stereocenters. The van der Waals surface area contributed by atoms with Crippen LogP contribution in [-0.4, -0.2) is 69.3 Å². The molecule has 230 valence electrons. The summed E-state index contributed by atoms with van der Waals surface area (Å²) >= 11 is 0. The van der Waals surface area contributed by atoms with Crippen molar-refractivity contribution < 1.29 is 18.0 Å². The lowest BCUT2D eigenvalue weighted by molar-refractivity contribution is -0.122. The highest BCUT2D eigenvalue weighted by molar-refractivity contribution is 7.90. The van der Waals surface area contributed by atoms with Crippen molar-refractivity contribution >= 4 is 27.7 Å². The maximum atomic E-state index is 13.7. The van der Waals surface area contributed by atoms with Crippen molar-refractivity contribution in [2.75, 3.05) is 32.0 Å². The van der Waals surface area contributed by atoms with Gasteiger partial charge in [-0.3, -0.25) is 18.9 Å². The molecule has 2 aromatic carbocycles. The Labute approximate surface area is 255 Å². The van der Waals surface area contributed by atoms with Gasteiger partial charge in [-0.15, -0.1) is 0 Å². The average molecular weight is 607 g/mol. The number of anilines is 1. The summed E-state index contributed by atoms with van der Waals surface area (Å²) < 4.78 is 28.1. The summed E-state index contributed by atoms with van der Waals surface area (Å²) in [7, 11) is 0.719. The van der Waals surface area contributed by atoms with Crippen LogP contribution in [-0.2, 0) is 40.8 Å². The Kier molecular flexibility index (Phi) is 10.9. The molecule has 0 saturated carbocycles. The number of nitrogens with one attached hydrogen (secondary N) is 3. The number of rotatable bonds is 9. The van der Waals surface area contributed by atoms with E-state index in [1.54, 1.807) is 19.2 Å². The second kappa shape index (κ2) is 14.6. The molecule has 2 heterocycles. The van der Waals surface area contributed by atoms with Gasteiger partial charge in [-0.25, -0.2) is 0 Å². The lowest BCUT2D eigenvalue weighted by Crippen LogP contribution is -2.49. The van der Waals surface area contributed by atoms with Crippen molar-refractivity contribution in [1.82, 2.24) is 25.2 Å². The first-order chi connectivity index (χ1) is 20.5. The zero-order chi connectivity index (χ0) is 31.0. The normalized spacial score (nSPS) is 16.6. The van der Waals surface area contributed by atoms with Crippen LogP contribution in [0.25, 0.3) is 0 Å². The molecule has 10 nitrogen and oxygen atoms in total. The summed E-state index contributed by atoms with van der Waals surface area (Å²) in [6.45, 7) is 2.47. The number of hydrogen-bond donors (Lipinski definition) is 3. The van der Waals surface area contributed by atoms with E-state index in [1.165, 1.54) is 31.0 Å². The Morgan fingerprint density at radius 1 is 1.00 bits per heavy atom. The molecule has 0 radical (unpaired) electrons. The molecule has 3 N–H and O–H groups in total. The van der Waals surface area contributed by atoms with Crippen LogP contribution in [0.1, 0.15) is 52.5 Å². The number of hydrogen-bond acceptors (Lipinski definition) is 6. The van der Waals surface area contributed by atoms with E-state index in [9.17, 15) is 18.0 Å². The molecule has 0 spiro atoms. The molecule has 3 aromatic rings. The van der Waals surface area contributed by atoms with Gasteiger partial charge in [0.1, 0.15) is 0 Å². The highest BCUT2D eigenvalue weighted by Crippen LogP contribution is 2.24. The predicted octanol–water partition coefficient (Wildman–Crippen LogP) is 2.84. The van der Waals surface area contributed by atoms with Gasteiger partial charge in [0.25, 0.3) is 5.91 Å². The first-order valence-corrected chi connectivity index (χ1v) is 16.0. The predicted molar refractivity (Wildman–Crippen MR) is 169 cm³/mol. The van der Waals surface area contributed by atoms with E-state index in [1.807, 2.05) is 36.4 Å². The summed E-state index contributed by atoms with van der Waals surface area (Å²) in [6, 6.07) is 18.4. The molecule has 4 bridgehead atoms. The Morgan fingerprint density at radius 3 is 2.47 bits per heavy atom. The van der Waals surface area contributed by atoms with Gasteiger partial charge in [0, 0.05) is 45.5 Å².